The van der Waals surface area contributed by atoms with Crippen LogP contribution in [0.1, 0.15) is 38.3 Å². The van der Waals surface area contributed by atoms with Crippen LogP contribution in [0.2, 0.25) is 0 Å². The summed E-state index contributed by atoms with van der Waals surface area (Å²) in [4.78, 5) is 10.7. The number of hydrogen-bond donors (Lipinski definition) is 0. The molecule has 1 heterocycles. The minimum absolute atomic E-state index is 0.647. The Balaban J connectivity index is 2.66. The Bertz CT molecular complexity index is 339. The van der Waals surface area contributed by atoms with E-state index in [1.807, 2.05) is 25.1 Å². The van der Waals surface area contributed by atoms with Gasteiger partial charge in [-0.15, -0.1) is 0 Å². The van der Waals surface area contributed by atoms with Crippen LogP contribution in [0.5, 0.6) is 5.88 Å². The number of anilines is 1. The van der Waals surface area contributed by atoms with Crippen molar-refractivity contribution < 1.29 is 4.74 Å². The predicted octanol–water partition coefficient (Wildman–Crippen LogP) is 2.67. The van der Waals surface area contributed by atoms with Crippen molar-refractivity contribution in [3.05, 3.63) is 11.8 Å². The molecule has 4 heteroatoms. The molecule has 0 N–H and O–H groups in total. The third-order valence-electron chi connectivity index (χ3n) is 2.64. The number of unbranched alkanes of at least 4 members (excludes halogenated alkanes) is 3. The summed E-state index contributed by atoms with van der Waals surface area (Å²) in [6, 6.07) is 1.93. The summed E-state index contributed by atoms with van der Waals surface area (Å²) >= 11 is 0. The first-order chi connectivity index (χ1) is 8.17. The van der Waals surface area contributed by atoms with E-state index in [1.54, 1.807) is 7.11 Å². The SMILES string of the molecule is CCCCCCc1cc(OC)nc(N(C)C)n1. The second kappa shape index (κ2) is 7.09. The average Bonchev–Trinajstić information content (AvgIpc) is 2.34. The molecule has 1 aromatic heterocycles. The lowest BCUT2D eigenvalue weighted by atomic mass is 10.1. The molecule has 0 bridgehead atoms. The number of rotatable bonds is 7. The van der Waals surface area contributed by atoms with Gasteiger partial charge in [-0.05, 0) is 12.8 Å². The molecule has 0 aliphatic carbocycles. The second-order valence-corrected chi connectivity index (χ2v) is 4.41. The van der Waals surface area contributed by atoms with E-state index in [2.05, 4.69) is 16.9 Å². The lowest BCUT2D eigenvalue weighted by Crippen LogP contribution is -2.14. The molecule has 0 aliphatic rings. The van der Waals surface area contributed by atoms with E-state index in [0.717, 1.165) is 18.1 Å². The van der Waals surface area contributed by atoms with Crippen molar-refractivity contribution in [1.82, 2.24) is 9.97 Å². The maximum Gasteiger partial charge on any atom is 0.228 e. The number of methoxy groups -OCH3 is 1. The van der Waals surface area contributed by atoms with Crippen LogP contribution in [0, 0.1) is 0 Å². The lowest BCUT2D eigenvalue weighted by Gasteiger charge is -2.12. The normalized spacial score (nSPS) is 10.4. The van der Waals surface area contributed by atoms with Gasteiger partial charge in [0.1, 0.15) is 0 Å². The molecule has 0 amide bonds. The van der Waals surface area contributed by atoms with Crippen LogP contribution in [0.25, 0.3) is 0 Å². The van der Waals surface area contributed by atoms with Crippen LogP contribution >= 0.6 is 0 Å². The molecule has 1 aromatic rings. The largest absolute Gasteiger partial charge is 0.481 e. The van der Waals surface area contributed by atoms with Crippen molar-refractivity contribution in [3.63, 3.8) is 0 Å². The number of hydrogen-bond acceptors (Lipinski definition) is 4. The Morgan fingerprint density at radius 3 is 2.53 bits per heavy atom. The summed E-state index contributed by atoms with van der Waals surface area (Å²) < 4.78 is 5.20. The maximum absolute atomic E-state index is 5.20. The maximum atomic E-state index is 5.20. The van der Waals surface area contributed by atoms with E-state index in [0.29, 0.717) is 5.88 Å². The quantitative estimate of drug-likeness (QED) is 0.683. The summed E-state index contributed by atoms with van der Waals surface area (Å²) in [6.45, 7) is 2.22. The highest BCUT2D eigenvalue weighted by Gasteiger charge is 2.06. The van der Waals surface area contributed by atoms with Crippen LogP contribution in [0.3, 0.4) is 0 Å². The van der Waals surface area contributed by atoms with Gasteiger partial charge in [-0.3, -0.25) is 0 Å². The monoisotopic (exact) mass is 237 g/mol. The molecule has 0 unspecified atom stereocenters. The summed E-state index contributed by atoms with van der Waals surface area (Å²) in [7, 11) is 5.52. The Morgan fingerprint density at radius 1 is 1.18 bits per heavy atom. The predicted molar refractivity (Wildman–Crippen MR) is 70.8 cm³/mol. The Hall–Kier alpha value is -1.32. The molecule has 0 fully saturated rings. The minimum atomic E-state index is 0.647. The van der Waals surface area contributed by atoms with Crippen LogP contribution in [-0.4, -0.2) is 31.2 Å². The van der Waals surface area contributed by atoms with Crippen LogP contribution in [0.4, 0.5) is 5.95 Å². The molecular formula is C13H23N3O. The fourth-order valence-corrected chi connectivity index (χ4v) is 1.62. The molecule has 0 aromatic carbocycles. The first kappa shape index (κ1) is 13.7. The van der Waals surface area contributed by atoms with Crippen molar-refractivity contribution in [2.45, 2.75) is 39.0 Å². The first-order valence-corrected chi connectivity index (χ1v) is 6.26. The summed E-state index contributed by atoms with van der Waals surface area (Å²) in [5, 5.41) is 0. The molecule has 0 radical (unpaired) electrons. The molecule has 0 atom stereocenters. The zero-order chi connectivity index (χ0) is 12.7. The van der Waals surface area contributed by atoms with Crippen molar-refractivity contribution in [2.75, 3.05) is 26.1 Å². The third-order valence-corrected chi connectivity index (χ3v) is 2.64. The van der Waals surface area contributed by atoms with E-state index in [4.69, 9.17) is 4.74 Å². The summed E-state index contributed by atoms with van der Waals surface area (Å²) in [6.07, 6.45) is 6.00. The standard InChI is InChI=1S/C13H23N3O/c1-5-6-7-8-9-11-10-12(17-4)15-13(14-11)16(2)3/h10H,5-9H2,1-4H3. The van der Waals surface area contributed by atoms with Crippen LogP contribution in [0.15, 0.2) is 6.07 Å². The highest BCUT2D eigenvalue weighted by molar-refractivity contribution is 5.32. The number of nitrogens with zero attached hydrogens (tertiary/aromatic N) is 3. The van der Waals surface area contributed by atoms with Gasteiger partial charge in [0.15, 0.2) is 0 Å². The van der Waals surface area contributed by atoms with Gasteiger partial charge < -0.3 is 9.64 Å². The molecule has 17 heavy (non-hydrogen) atoms. The van der Waals surface area contributed by atoms with Gasteiger partial charge in [0.2, 0.25) is 11.8 Å². The van der Waals surface area contributed by atoms with Gasteiger partial charge >= 0.3 is 0 Å². The van der Waals surface area contributed by atoms with Gasteiger partial charge in [-0.2, -0.15) is 4.98 Å². The zero-order valence-electron chi connectivity index (χ0n) is 11.4. The molecule has 4 nitrogen and oxygen atoms in total. The second-order valence-electron chi connectivity index (χ2n) is 4.41. The first-order valence-electron chi connectivity index (χ1n) is 6.26. The molecule has 96 valence electrons. The van der Waals surface area contributed by atoms with E-state index >= 15 is 0 Å². The Labute approximate surface area is 104 Å². The van der Waals surface area contributed by atoms with Crippen molar-refractivity contribution in [3.8, 4) is 5.88 Å². The topological polar surface area (TPSA) is 38.2 Å². The third kappa shape index (κ3) is 4.59. The van der Waals surface area contributed by atoms with Gasteiger partial charge in [-0.25, -0.2) is 4.98 Å². The Morgan fingerprint density at radius 2 is 1.94 bits per heavy atom. The molecule has 0 aliphatic heterocycles. The molecule has 0 saturated carbocycles. The van der Waals surface area contributed by atoms with E-state index in [-0.39, 0.29) is 0 Å². The molecular weight excluding hydrogens is 214 g/mol. The lowest BCUT2D eigenvalue weighted by molar-refractivity contribution is 0.396. The molecule has 1 rings (SSSR count). The van der Waals surface area contributed by atoms with Gasteiger partial charge in [-0.1, -0.05) is 26.2 Å². The molecule has 0 spiro atoms. The highest BCUT2D eigenvalue weighted by Crippen LogP contribution is 2.15. The average molecular weight is 237 g/mol. The van der Waals surface area contributed by atoms with E-state index < -0.39 is 0 Å². The van der Waals surface area contributed by atoms with E-state index in [1.165, 1.54) is 25.7 Å². The van der Waals surface area contributed by atoms with Crippen molar-refractivity contribution >= 4 is 5.95 Å². The van der Waals surface area contributed by atoms with Crippen molar-refractivity contribution in [1.29, 1.82) is 0 Å². The van der Waals surface area contributed by atoms with Gasteiger partial charge in [0, 0.05) is 25.9 Å². The highest BCUT2D eigenvalue weighted by atomic mass is 16.5. The summed E-state index contributed by atoms with van der Waals surface area (Å²) in [5.74, 6) is 1.36. The fraction of sp³-hybridized carbons (Fsp3) is 0.692. The van der Waals surface area contributed by atoms with Crippen molar-refractivity contribution in [2.24, 2.45) is 0 Å². The van der Waals surface area contributed by atoms with Gasteiger partial charge in [0.25, 0.3) is 0 Å². The smallest absolute Gasteiger partial charge is 0.228 e. The number of aromatic nitrogens is 2. The number of aryl methyl sites for hydroxylation is 1. The van der Waals surface area contributed by atoms with Crippen LogP contribution in [-0.2, 0) is 6.42 Å². The van der Waals surface area contributed by atoms with Crippen LogP contribution < -0.4 is 9.64 Å². The number of ether oxygens (including phenoxy) is 1. The minimum Gasteiger partial charge on any atom is -0.481 e. The van der Waals surface area contributed by atoms with Gasteiger partial charge in [0.05, 0.1) is 7.11 Å². The molecule has 0 saturated heterocycles. The fourth-order valence-electron chi connectivity index (χ4n) is 1.62. The Kier molecular flexibility index (Phi) is 5.73. The van der Waals surface area contributed by atoms with E-state index in [9.17, 15) is 0 Å². The zero-order valence-corrected chi connectivity index (χ0v) is 11.4. The summed E-state index contributed by atoms with van der Waals surface area (Å²) in [5.41, 5.74) is 1.07.